The number of carbonyl (C=O) groups excluding carboxylic acids is 5. The molecule has 14 nitrogen and oxygen atoms in total. The lowest BCUT2D eigenvalue weighted by atomic mass is 10.0. The number of fused-ring (bicyclic) bond motifs is 3. The van der Waals surface area contributed by atoms with Crippen molar-refractivity contribution < 1.29 is 41.9 Å². The van der Waals surface area contributed by atoms with E-state index in [0.717, 1.165) is 28.3 Å². The molecular weight excluding hydrogens is 702 g/mol. The Morgan fingerprint density at radius 2 is 1.86 bits per heavy atom. The number of halogens is 1. The Hall–Kier alpha value is -3.69. The Morgan fingerprint density at radius 1 is 1.12 bits per heavy atom. The molecule has 2 fully saturated rings. The van der Waals surface area contributed by atoms with Gasteiger partial charge in [0, 0.05) is 38.0 Å². The maximum atomic E-state index is 14.3. The molecule has 5 atom stereocenters. The van der Waals surface area contributed by atoms with Gasteiger partial charge in [0.25, 0.3) is 0 Å². The summed E-state index contributed by atoms with van der Waals surface area (Å²) in [7, 11) is -1.26. The molecule has 1 aromatic rings. The van der Waals surface area contributed by atoms with E-state index in [2.05, 4.69) is 10.6 Å². The van der Waals surface area contributed by atoms with Crippen molar-refractivity contribution in [1.82, 2.24) is 24.7 Å². The van der Waals surface area contributed by atoms with E-state index in [0.29, 0.717) is 17.9 Å². The smallest absolute Gasteiger partial charge is 0.410 e. The summed E-state index contributed by atoms with van der Waals surface area (Å²) in [5.74, 6) is -3.13. The minimum absolute atomic E-state index is 0.0786. The summed E-state index contributed by atoms with van der Waals surface area (Å²) >= 11 is 6.35. The molecule has 0 bridgehead atoms. The highest BCUT2D eigenvalue weighted by atomic mass is 35.5. The van der Waals surface area contributed by atoms with Crippen LogP contribution >= 0.6 is 11.6 Å². The van der Waals surface area contributed by atoms with E-state index in [9.17, 15) is 32.4 Å². The Bertz CT molecular complexity index is 1690. The number of hydrogen-bond acceptors (Lipinski definition) is 9. The van der Waals surface area contributed by atoms with Gasteiger partial charge >= 0.3 is 12.2 Å². The molecule has 0 aromatic heterocycles. The highest BCUT2D eigenvalue weighted by molar-refractivity contribution is 7.89. The number of amides is 4. The standard InChI is InChI=1S/C35H48ClN5O9S/c1-34(2,3)50-32(45)37-27-15-10-8-6-7-9-13-23-17-35(23,29(42)21-51(47,48)39(4)5)38-30(43)28-16-24(19-41(28)31(27)44)49-33(46)40-18-22-12-11-14-26(36)25(22)20-40/h9,11-14,23-24,27-28H,6-8,10,15-21H2,1-5H3,(H,37,45)(H,38,43)/b13-9-/t23-,24-,27+,28+,35-/m1/s1. The molecule has 0 radical (unpaired) electrons. The van der Waals surface area contributed by atoms with E-state index in [1.54, 1.807) is 32.9 Å². The van der Waals surface area contributed by atoms with Crippen LogP contribution in [0, 0.1) is 5.92 Å². The molecule has 1 aliphatic carbocycles. The molecule has 3 heterocycles. The Labute approximate surface area is 304 Å². The maximum Gasteiger partial charge on any atom is 0.410 e. The van der Waals surface area contributed by atoms with Gasteiger partial charge in [-0.15, -0.1) is 0 Å². The van der Waals surface area contributed by atoms with Crippen molar-refractivity contribution in [3.8, 4) is 0 Å². The molecule has 4 aliphatic rings. The average molecular weight is 750 g/mol. The van der Waals surface area contributed by atoms with Gasteiger partial charge in [0.1, 0.15) is 35.1 Å². The first-order chi connectivity index (χ1) is 23.9. The summed E-state index contributed by atoms with van der Waals surface area (Å²) in [6.45, 7) is 5.50. The summed E-state index contributed by atoms with van der Waals surface area (Å²) in [5.41, 5.74) is -0.589. The second-order valence-corrected chi connectivity index (χ2v) is 17.6. The molecule has 3 aliphatic heterocycles. The van der Waals surface area contributed by atoms with Gasteiger partial charge in [0.15, 0.2) is 5.78 Å². The SMILES string of the molecule is CN(C)S(=O)(=O)CC(=O)[C@@]12C[C@H]1/C=C\CCCCC[C@H](NC(=O)OC(C)(C)C)C(=O)N1C[C@H](OC(=O)N3Cc4cccc(Cl)c4C3)C[C@H]1C(=O)N2. The molecule has 4 amide bonds. The lowest BCUT2D eigenvalue weighted by molar-refractivity contribution is -0.141. The fourth-order valence-electron chi connectivity index (χ4n) is 6.84. The number of alkyl carbamates (subject to hydrolysis) is 1. The van der Waals surface area contributed by atoms with E-state index in [4.69, 9.17) is 21.1 Å². The van der Waals surface area contributed by atoms with Crippen molar-refractivity contribution in [3.63, 3.8) is 0 Å². The number of sulfonamides is 1. The number of nitrogens with zero attached hydrogens (tertiary/aromatic N) is 3. The first-order valence-electron chi connectivity index (χ1n) is 17.3. The summed E-state index contributed by atoms with van der Waals surface area (Å²) in [6.07, 6.45) is 4.63. The lowest BCUT2D eigenvalue weighted by Crippen LogP contribution is -2.57. The number of Topliss-reactive ketones (excluding diaryl/α,β-unsaturated/α-hetero) is 1. The second kappa shape index (κ2) is 15.1. The molecule has 2 N–H and O–H groups in total. The van der Waals surface area contributed by atoms with Crippen LogP contribution in [0.25, 0.3) is 0 Å². The van der Waals surface area contributed by atoms with Gasteiger partial charge in [-0.3, -0.25) is 19.3 Å². The molecule has 1 saturated carbocycles. The molecule has 1 saturated heterocycles. The summed E-state index contributed by atoms with van der Waals surface area (Å²) in [6, 6.07) is 3.20. The van der Waals surface area contributed by atoms with Crippen LogP contribution in [0.1, 0.15) is 76.8 Å². The van der Waals surface area contributed by atoms with Crippen molar-refractivity contribution in [2.75, 3.05) is 26.4 Å². The highest BCUT2D eigenvalue weighted by Crippen LogP contribution is 2.46. The minimum Gasteiger partial charge on any atom is -0.444 e. The number of carbonyl (C=O) groups is 5. The maximum absolute atomic E-state index is 14.3. The normalized spacial score (nSPS) is 27.7. The van der Waals surface area contributed by atoms with Crippen molar-refractivity contribution in [2.24, 2.45) is 5.92 Å². The van der Waals surface area contributed by atoms with Gasteiger partial charge in [-0.2, -0.15) is 0 Å². The number of ketones is 1. The second-order valence-electron chi connectivity index (χ2n) is 15.0. The van der Waals surface area contributed by atoms with Crippen LogP contribution in [0.15, 0.2) is 30.4 Å². The van der Waals surface area contributed by atoms with Crippen molar-refractivity contribution in [2.45, 2.75) is 108 Å². The van der Waals surface area contributed by atoms with Gasteiger partial charge in [-0.05, 0) is 63.6 Å². The van der Waals surface area contributed by atoms with E-state index >= 15 is 0 Å². The predicted molar refractivity (Wildman–Crippen MR) is 188 cm³/mol. The number of benzene rings is 1. The van der Waals surface area contributed by atoms with Gasteiger partial charge in [-0.1, -0.05) is 48.7 Å². The summed E-state index contributed by atoms with van der Waals surface area (Å²) in [4.78, 5) is 71.2. The topological polar surface area (TPSA) is 172 Å². The Morgan fingerprint density at radius 3 is 2.55 bits per heavy atom. The fourth-order valence-corrected chi connectivity index (χ4v) is 7.94. The van der Waals surface area contributed by atoms with Crippen LogP contribution in [0.2, 0.25) is 5.02 Å². The average Bonchev–Trinajstić information content (AvgIpc) is 3.33. The van der Waals surface area contributed by atoms with E-state index < -0.39 is 80.8 Å². The summed E-state index contributed by atoms with van der Waals surface area (Å²) in [5, 5.41) is 6.06. The van der Waals surface area contributed by atoms with Crippen LogP contribution in [-0.2, 0) is 47.0 Å². The van der Waals surface area contributed by atoms with Crippen molar-refractivity contribution >= 4 is 51.4 Å². The molecule has 0 unspecified atom stereocenters. The van der Waals surface area contributed by atoms with Crippen molar-refractivity contribution in [3.05, 3.63) is 46.5 Å². The van der Waals surface area contributed by atoms with Crippen LogP contribution in [0.4, 0.5) is 9.59 Å². The largest absolute Gasteiger partial charge is 0.444 e. The third-order valence-electron chi connectivity index (χ3n) is 9.75. The minimum atomic E-state index is -3.93. The molecule has 5 rings (SSSR count). The lowest BCUT2D eigenvalue weighted by Gasteiger charge is -2.30. The summed E-state index contributed by atoms with van der Waals surface area (Å²) < 4.78 is 37.7. The van der Waals surface area contributed by atoms with Crippen LogP contribution in [-0.4, -0.2) is 108 Å². The number of nitrogens with one attached hydrogen (secondary N) is 2. The molecule has 0 spiro atoms. The third kappa shape index (κ3) is 9.04. The van der Waals surface area contributed by atoms with E-state index in [-0.39, 0.29) is 38.9 Å². The highest BCUT2D eigenvalue weighted by Gasteiger charge is 2.61. The number of hydrogen-bond donors (Lipinski definition) is 2. The third-order valence-corrected chi connectivity index (χ3v) is 11.8. The van der Waals surface area contributed by atoms with Gasteiger partial charge in [0.2, 0.25) is 21.8 Å². The molecule has 1 aromatic carbocycles. The van der Waals surface area contributed by atoms with Gasteiger partial charge in [0.05, 0.1) is 13.1 Å². The monoisotopic (exact) mass is 749 g/mol. The number of rotatable bonds is 6. The van der Waals surface area contributed by atoms with Gasteiger partial charge in [-0.25, -0.2) is 22.3 Å². The van der Waals surface area contributed by atoms with E-state index in [1.807, 2.05) is 18.2 Å². The molecular formula is C35H48ClN5O9S. The first-order valence-corrected chi connectivity index (χ1v) is 19.3. The number of ether oxygens (including phenoxy) is 2. The predicted octanol–water partition coefficient (Wildman–Crippen LogP) is 3.51. The van der Waals surface area contributed by atoms with Crippen LogP contribution < -0.4 is 10.6 Å². The zero-order valence-corrected chi connectivity index (χ0v) is 31.3. The van der Waals surface area contributed by atoms with Crippen molar-refractivity contribution in [1.29, 1.82) is 0 Å². The zero-order valence-electron chi connectivity index (χ0n) is 29.8. The molecule has 51 heavy (non-hydrogen) atoms. The Balaban J connectivity index is 1.41. The van der Waals surface area contributed by atoms with Gasteiger partial charge < -0.3 is 25.0 Å². The van der Waals surface area contributed by atoms with E-state index in [1.165, 1.54) is 23.9 Å². The molecule has 280 valence electrons. The molecule has 16 heteroatoms. The van der Waals surface area contributed by atoms with Crippen LogP contribution in [0.5, 0.6) is 0 Å². The zero-order chi connectivity index (χ0) is 37.3. The Kier molecular flexibility index (Phi) is 11.4. The van der Waals surface area contributed by atoms with Crippen LogP contribution in [0.3, 0.4) is 0 Å². The fraction of sp³-hybridized carbons (Fsp3) is 0.629. The first kappa shape index (κ1) is 38.5. The quantitative estimate of drug-likeness (QED) is 0.413. The number of allylic oxidation sites excluding steroid dienone is 1.